The molecule has 0 aliphatic carbocycles. The molecule has 0 saturated carbocycles. The SMILES string of the molecule is CC(C)C(NC(N)=O)C(=O)N(C)Cc1ncc[nH]1. The van der Waals surface area contributed by atoms with Gasteiger partial charge in [-0.2, -0.15) is 0 Å². The molecule has 100 valence electrons. The Bertz CT molecular complexity index is 402. The summed E-state index contributed by atoms with van der Waals surface area (Å²) in [6.07, 6.45) is 3.31. The first-order valence-electron chi connectivity index (χ1n) is 5.71. The van der Waals surface area contributed by atoms with E-state index in [1.807, 2.05) is 13.8 Å². The molecular weight excluding hydrogens is 234 g/mol. The normalized spacial score (nSPS) is 12.2. The summed E-state index contributed by atoms with van der Waals surface area (Å²) in [6.45, 7) is 4.05. The Balaban J connectivity index is 2.67. The van der Waals surface area contributed by atoms with Crippen LogP contribution in [0.25, 0.3) is 0 Å². The fourth-order valence-electron chi connectivity index (χ4n) is 1.59. The molecule has 1 heterocycles. The molecule has 7 heteroatoms. The van der Waals surface area contributed by atoms with Gasteiger partial charge >= 0.3 is 6.03 Å². The largest absolute Gasteiger partial charge is 0.352 e. The highest BCUT2D eigenvalue weighted by molar-refractivity contribution is 5.86. The fourth-order valence-corrected chi connectivity index (χ4v) is 1.59. The molecule has 1 aromatic heterocycles. The van der Waals surface area contributed by atoms with Gasteiger partial charge in [0.15, 0.2) is 0 Å². The molecule has 1 atom stereocenters. The highest BCUT2D eigenvalue weighted by Crippen LogP contribution is 2.07. The van der Waals surface area contributed by atoms with Gasteiger partial charge in [0.05, 0.1) is 6.54 Å². The first-order chi connectivity index (χ1) is 8.41. The summed E-state index contributed by atoms with van der Waals surface area (Å²) in [7, 11) is 1.66. The predicted octanol–water partition coefficient (Wildman–Crippen LogP) is 0.0610. The van der Waals surface area contributed by atoms with Crippen molar-refractivity contribution in [3.05, 3.63) is 18.2 Å². The number of nitrogens with one attached hydrogen (secondary N) is 2. The number of imidazole rings is 1. The van der Waals surface area contributed by atoms with Gasteiger partial charge in [0.25, 0.3) is 0 Å². The van der Waals surface area contributed by atoms with Crippen LogP contribution in [-0.4, -0.2) is 39.9 Å². The molecule has 0 saturated heterocycles. The van der Waals surface area contributed by atoms with Crippen LogP contribution in [0, 0.1) is 5.92 Å². The summed E-state index contributed by atoms with van der Waals surface area (Å²) in [5.41, 5.74) is 5.07. The number of carbonyl (C=O) groups is 2. The number of likely N-dealkylation sites (N-methyl/N-ethyl adjacent to an activating group) is 1. The van der Waals surface area contributed by atoms with Gasteiger partial charge in [0.1, 0.15) is 11.9 Å². The van der Waals surface area contributed by atoms with Gasteiger partial charge in [0.2, 0.25) is 5.91 Å². The van der Waals surface area contributed by atoms with Crippen LogP contribution in [0.3, 0.4) is 0 Å². The molecule has 1 unspecified atom stereocenters. The molecule has 0 aromatic carbocycles. The number of primary amides is 1. The van der Waals surface area contributed by atoms with Crippen LogP contribution < -0.4 is 11.1 Å². The Morgan fingerprint density at radius 2 is 2.22 bits per heavy atom. The minimum Gasteiger partial charge on any atom is -0.352 e. The van der Waals surface area contributed by atoms with Crippen molar-refractivity contribution in [3.8, 4) is 0 Å². The minimum absolute atomic E-state index is 0.0379. The molecule has 0 aliphatic heterocycles. The van der Waals surface area contributed by atoms with Gasteiger partial charge in [0, 0.05) is 19.4 Å². The van der Waals surface area contributed by atoms with Crippen LogP contribution in [-0.2, 0) is 11.3 Å². The molecule has 0 fully saturated rings. The maximum Gasteiger partial charge on any atom is 0.312 e. The first-order valence-corrected chi connectivity index (χ1v) is 5.71. The maximum atomic E-state index is 12.2. The third kappa shape index (κ3) is 3.76. The Labute approximate surface area is 106 Å². The second kappa shape index (κ2) is 6.04. The van der Waals surface area contributed by atoms with Gasteiger partial charge in [-0.3, -0.25) is 4.79 Å². The van der Waals surface area contributed by atoms with E-state index < -0.39 is 12.1 Å². The van der Waals surface area contributed by atoms with E-state index in [1.54, 1.807) is 19.4 Å². The Kier molecular flexibility index (Phi) is 4.70. The highest BCUT2D eigenvalue weighted by Gasteiger charge is 2.26. The van der Waals surface area contributed by atoms with E-state index in [1.165, 1.54) is 4.90 Å². The topological polar surface area (TPSA) is 104 Å². The third-order valence-corrected chi connectivity index (χ3v) is 2.55. The Morgan fingerprint density at radius 3 is 2.67 bits per heavy atom. The summed E-state index contributed by atoms with van der Waals surface area (Å²) in [5, 5.41) is 2.46. The lowest BCUT2D eigenvalue weighted by Crippen LogP contribution is -2.51. The smallest absolute Gasteiger partial charge is 0.312 e. The van der Waals surface area contributed by atoms with Crippen molar-refractivity contribution in [1.29, 1.82) is 0 Å². The maximum absolute atomic E-state index is 12.2. The van der Waals surface area contributed by atoms with Crippen LogP contribution in [0.15, 0.2) is 12.4 Å². The lowest BCUT2D eigenvalue weighted by molar-refractivity contribution is -0.133. The lowest BCUT2D eigenvalue weighted by Gasteiger charge is -2.25. The molecule has 0 bridgehead atoms. The van der Waals surface area contributed by atoms with Crippen molar-refractivity contribution in [3.63, 3.8) is 0 Å². The van der Waals surface area contributed by atoms with Crippen LogP contribution in [0.2, 0.25) is 0 Å². The van der Waals surface area contributed by atoms with E-state index in [-0.39, 0.29) is 11.8 Å². The van der Waals surface area contributed by atoms with Crippen LogP contribution in [0.1, 0.15) is 19.7 Å². The number of hydrogen-bond acceptors (Lipinski definition) is 3. The molecule has 1 rings (SSSR count). The zero-order valence-electron chi connectivity index (χ0n) is 10.8. The fraction of sp³-hybridized carbons (Fsp3) is 0.545. The van der Waals surface area contributed by atoms with E-state index in [0.29, 0.717) is 12.4 Å². The molecule has 0 aliphatic rings. The third-order valence-electron chi connectivity index (χ3n) is 2.55. The number of nitrogens with zero attached hydrogens (tertiary/aromatic N) is 2. The predicted molar refractivity (Wildman–Crippen MR) is 66.4 cm³/mol. The molecule has 18 heavy (non-hydrogen) atoms. The highest BCUT2D eigenvalue weighted by atomic mass is 16.2. The molecule has 0 spiro atoms. The average Bonchev–Trinajstić information content (AvgIpc) is 2.77. The number of H-pyrrole nitrogens is 1. The average molecular weight is 253 g/mol. The number of aromatic nitrogens is 2. The second-order valence-corrected chi connectivity index (χ2v) is 4.46. The van der Waals surface area contributed by atoms with E-state index >= 15 is 0 Å². The Hall–Kier alpha value is -2.05. The molecule has 1 aromatic rings. The van der Waals surface area contributed by atoms with E-state index in [4.69, 9.17) is 5.73 Å². The second-order valence-electron chi connectivity index (χ2n) is 4.46. The summed E-state index contributed by atoms with van der Waals surface area (Å²) < 4.78 is 0. The number of rotatable bonds is 5. The zero-order valence-corrected chi connectivity index (χ0v) is 10.8. The molecule has 7 nitrogen and oxygen atoms in total. The number of amides is 3. The van der Waals surface area contributed by atoms with E-state index in [9.17, 15) is 9.59 Å². The number of nitrogens with two attached hydrogens (primary N) is 1. The quantitative estimate of drug-likeness (QED) is 0.691. The van der Waals surface area contributed by atoms with Crippen molar-refractivity contribution in [1.82, 2.24) is 20.2 Å². The van der Waals surface area contributed by atoms with Gasteiger partial charge in [-0.25, -0.2) is 9.78 Å². The molecule has 0 radical (unpaired) electrons. The number of carbonyl (C=O) groups excluding carboxylic acids is 2. The summed E-state index contributed by atoms with van der Waals surface area (Å²) in [6, 6.07) is -1.32. The molecule has 4 N–H and O–H groups in total. The minimum atomic E-state index is -0.701. The summed E-state index contributed by atoms with van der Waals surface area (Å²) in [5.74, 6) is 0.455. The summed E-state index contributed by atoms with van der Waals surface area (Å²) in [4.78, 5) is 31.5. The van der Waals surface area contributed by atoms with Gasteiger partial charge in [-0.15, -0.1) is 0 Å². The Morgan fingerprint density at radius 1 is 1.56 bits per heavy atom. The molecule has 3 amide bonds. The number of hydrogen-bond donors (Lipinski definition) is 3. The van der Waals surface area contributed by atoms with Crippen molar-refractivity contribution in [2.75, 3.05) is 7.05 Å². The standard InChI is InChI=1S/C11H19N5O2/c1-7(2)9(15-11(12)18)10(17)16(3)6-8-13-4-5-14-8/h4-5,7,9H,6H2,1-3H3,(H,13,14)(H3,12,15,18). The van der Waals surface area contributed by atoms with Crippen LogP contribution in [0.5, 0.6) is 0 Å². The van der Waals surface area contributed by atoms with Crippen molar-refractivity contribution < 1.29 is 9.59 Å². The lowest BCUT2D eigenvalue weighted by atomic mass is 10.0. The van der Waals surface area contributed by atoms with Crippen molar-refractivity contribution in [2.45, 2.75) is 26.4 Å². The zero-order chi connectivity index (χ0) is 13.7. The number of urea groups is 1. The first kappa shape index (κ1) is 14.0. The van der Waals surface area contributed by atoms with E-state index in [0.717, 1.165) is 0 Å². The monoisotopic (exact) mass is 253 g/mol. The van der Waals surface area contributed by atoms with Crippen molar-refractivity contribution >= 4 is 11.9 Å². The van der Waals surface area contributed by atoms with Crippen molar-refractivity contribution in [2.24, 2.45) is 11.7 Å². The number of aromatic amines is 1. The van der Waals surface area contributed by atoms with E-state index in [2.05, 4.69) is 15.3 Å². The van der Waals surface area contributed by atoms with Gasteiger partial charge < -0.3 is 20.9 Å². The van der Waals surface area contributed by atoms with Gasteiger partial charge in [-0.1, -0.05) is 13.8 Å². The molecular formula is C11H19N5O2. The van der Waals surface area contributed by atoms with Gasteiger partial charge in [-0.05, 0) is 5.92 Å². The summed E-state index contributed by atoms with van der Waals surface area (Å²) >= 11 is 0. The van der Waals surface area contributed by atoms with Crippen LogP contribution in [0.4, 0.5) is 4.79 Å². The van der Waals surface area contributed by atoms with Crippen LogP contribution >= 0.6 is 0 Å².